The van der Waals surface area contributed by atoms with Gasteiger partial charge in [-0.15, -0.1) is 0 Å². The van der Waals surface area contributed by atoms with Crippen LogP contribution >= 0.6 is 0 Å². The minimum absolute atomic E-state index is 0.305. The molecule has 1 fully saturated rings. The minimum Gasteiger partial charge on any atom is -0.329 e. The van der Waals surface area contributed by atoms with E-state index in [0.29, 0.717) is 11.5 Å². The molecule has 2 heterocycles. The van der Waals surface area contributed by atoms with Crippen molar-refractivity contribution < 1.29 is 0 Å². The largest absolute Gasteiger partial charge is 0.329 e. The molecule has 3 rings (SSSR count). The van der Waals surface area contributed by atoms with Crippen molar-refractivity contribution in [1.29, 1.82) is 0 Å². The third kappa shape index (κ3) is 1.95. The summed E-state index contributed by atoms with van der Waals surface area (Å²) < 4.78 is 2.24. The van der Waals surface area contributed by atoms with Crippen molar-refractivity contribution in [3.05, 3.63) is 54.1 Å². The smallest absolute Gasteiger partial charge is 0.126 e. The van der Waals surface area contributed by atoms with Gasteiger partial charge in [-0.2, -0.15) is 0 Å². The molecule has 0 radical (unpaired) electrons. The van der Waals surface area contributed by atoms with Crippen molar-refractivity contribution in [3.8, 4) is 0 Å². The summed E-state index contributed by atoms with van der Waals surface area (Å²) >= 11 is 0. The van der Waals surface area contributed by atoms with Crippen LogP contribution in [0.5, 0.6) is 0 Å². The molecule has 0 bridgehead atoms. The Hall–Kier alpha value is -1.61. The number of rotatable bonds is 3. The molecule has 1 aliphatic rings. The fourth-order valence-corrected chi connectivity index (χ4v) is 2.55. The second-order valence-electron chi connectivity index (χ2n) is 5.70. The van der Waals surface area contributed by atoms with Crippen LogP contribution in [0.4, 0.5) is 0 Å². The van der Waals surface area contributed by atoms with E-state index in [9.17, 15) is 0 Å². The molecule has 1 saturated heterocycles. The fourth-order valence-electron chi connectivity index (χ4n) is 2.55. The first-order valence-corrected chi connectivity index (χ1v) is 6.45. The van der Waals surface area contributed by atoms with Gasteiger partial charge in [-0.1, -0.05) is 44.2 Å². The lowest BCUT2D eigenvalue weighted by atomic mass is 9.77. The molecule has 3 nitrogen and oxygen atoms in total. The fraction of sp³-hybridized carbons (Fsp3) is 0.400. The molecular formula is C15H19N3. The van der Waals surface area contributed by atoms with Crippen molar-refractivity contribution in [2.75, 3.05) is 6.54 Å². The van der Waals surface area contributed by atoms with Gasteiger partial charge in [0.2, 0.25) is 0 Å². The summed E-state index contributed by atoms with van der Waals surface area (Å²) in [5.41, 5.74) is 1.62. The van der Waals surface area contributed by atoms with E-state index < -0.39 is 0 Å². The Labute approximate surface area is 108 Å². The zero-order chi connectivity index (χ0) is 12.6. The summed E-state index contributed by atoms with van der Waals surface area (Å²) in [6.45, 7) is 6.53. The average molecular weight is 241 g/mol. The molecule has 1 N–H and O–H groups in total. The average Bonchev–Trinajstić information content (AvgIpc) is 2.77. The quantitative estimate of drug-likeness (QED) is 0.895. The van der Waals surface area contributed by atoms with Crippen molar-refractivity contribution in [1.82, 2.24) is 14.9 Å². The summed E-state index contributed by atoms with van der Waals surface area (Å²) in [7, 11) is 0. The molecule has 0 amide bonds. The van der Waals surface area contributed by atoms with Gasteiger partial charge in [-0.3, -0.25) is 0 Å². The number of aromatic nitrogens is 2. The molecule has 1 aliphatic heterocycles. The van der Waals surface area contributed by atoms with Crippen molar-refractivity contribution in [2.24, 2.45) is 5.41 Å². The molecular weight excluding hydrogens is 222 g/mol. The Morgan fingerprint density at radius 1 is 1.33 bits per heavy atom. The number of hydrogen-bond acceptors (Lipinski definition) is 2. The van der Waals surface area contributed by atoms with E-state index in [-0.39, 0.29) is 0 Å². The van der Waals surface area contributed by atoms with E-state index in [2.05, 4.69) is 65.2 Å². The zero-order valence-corrected chi connectivity index (χ0v) is 10.9. The van der Waals surface area contributed by atoms with Crippen molar-refractivity contribution in [2.45, 2.75) is 26.4 Å². The Morgan fingerprint density at radius 2 is 2.11 bits per heavy atom. The Morgan fingerprint density at radius 3 is 2.72 bits per heavy atom. The minimum atomic E-state index is 0.305. The van der Waals surface area contributed by atoms with Gasteiger partial charge in [0.1, 0.15) is 5.82 Å². The third-order valence-electron chi connectivity index (χ3n) is 3.74. The lowest BCUT2D eigenvalue weighted by Gasteiger charge is -2.45. The van der Waals surface area contributed by atoms with E-state index in [1.165, 1.54) is 5.56 Å². The van der Waals surface area contributed by atoms with Crippen LogP contribution in [0.2, 0.25) is 0 Å². The maximum Gasteiger partial charge on any atom is 0.126 e. The van der Waals surface area contributed by atoms with Crippen LogP contribution in [0, 0.1) is 5.41 Å². The van der Waals surface area contributed by atoms with Crippen molar-refractivity contribution >= 4 is 0 Å². The molecule has 1 aromatic carbocycles. The van der Waals surface area contributed by atoms with Crippen LogP contribution in [0.1, 0.15) is 31.3 Å². The standard InChI is InChI=1S/C15H19N3/c1-15(2)11-17-13(15)14-16-8-9-18(14)10-12-6-4-3-5-7-12/h3-9,13,17H,10-11H2,1-2H3. The number of hydrogen-bond donors (Lipinski definition) is 1. The monoisotopic (exact) mass is 241 g/mol. The zero-order valence-electron chi connectivity index (χ0n) is 10.9. The first-order valence-electron chi connectivity index (χ1n) is 6.45. The third-order valence-corrected chi connectivity index (χ3v) is 3.74. The molecule has 0 aliphatic carbocycles. The predicted molar refractivity (Wildman–Crippen MR) is 72.3 cm³/mol. The number of nitrogens with zero attached hydrogens (tertiary/aromatic N) is 2. The first kappa shape index (κ1) is 11.5. The summed E-state index contributed by atoms with van der Waals surface area (Å²) in [4.78, 5) is 4.53. The molecule has 1 aromatic heterocycles. The summed E-state index contributed by atoms with van der Waals surface area (Å²) in [5.74, 6) is 1.15. The van der Waals surface area contributed by atoms with Gasteiger partial charge < -0.3 is 9.88 Å². The van der Waals surface area contributed by atoms with Gasteiger partial charge in [0.15, 0.2) is 0 Å². The highest BCUT2D eigenvalue weighted by molar-refractivity contribution is 5.18. The number of benzene rings is 1. The van der Waals surface area contributed by atoms with E-state index in [0.717, 1.165) is 18.9 Å². The molecule has 2 aromatic rings. The molecule has 1 unspecified atom stereocenters. The van der Waals surface area contributed by atoms with Crippen LogP contribution in [-0.4, -0.2) is 16.1 Å². The topological polar surface area (TPSA) is 29.9 Å². The maximum atomic E-state index is 4.53. The molecule has 18 heavy (non-hydrogen) atoms. The van der Waals surface area contributed by atoms with Crippen molar-refractivity contribution in [3.63, 3.8) is 0 Å². The van der Waals surface area contributed by atoms with E-state index >= 15 is 0 Å². The van der Waals surface area contributed by atoms with Crippen LogP contribution < -0.4 is 5.32 Å². The lowest BCUT2D eigenvalue weighted by Crippen LogP contribution is -2.53. The second-order valence-corrected chi connectivity index (χ2v) is 5.70. The van der Waals surface area contributed by atoms with Gasteiger partial charge in [0, 0.05) is 25.5 Å². The second kappa shape index (κ2) is 4.25. The first-order chi connectivity index (χ1) is 8.67. The highest BCUT2D eigenvalue weighted by Gasteiger charge is 2.41. The van der Waals surface area contributed by atoms with Gasteiger partial charge >= 0.3 is 0 Å². The highest BCUT2D eigenvalue weighted by Crippen LogP contribution is 2.39. The molecule has 1 atom stereocenters. The van der Waals surface area contributed by atoms with Crippen LogP contribution in [0.15, 0.2) is 42.7 Å². The molecule has 94 valence electrons. The summed E-state index contributed by atoms with van der Waals surface area (Å²) in [6, 6.07) is 10.9. The Bertz CT molecular complexity index is 528. The molecule has 0 spiro atoms. The van der Waals surface area contributed by atoms with E-state index in [1.807, 2.05) is 6.20 Å². The van der Waals surface area contributed by atoms with Gasteiger partial charge in [-0.05, 0) is 11.0 Å². The SMILES string of the molecule is CC1(C)CNC1c1nccn1Cc1ccccc1. The van der Waals surface area contributed by atoms with Gasteiger partial charge in [-0.25, -0.2) is 4.98 Å². The van der Waals surface area contributed by atoms with E-state index in [4.69, 9.17) is 0 Å². The van der Waals surface area contributed by atoms with Crippen LogP contribution in [-0.2, 0) is 6.54 Å². The Kier molecular flexibility index (Phi) is 2.71. The number of imidazole rings is 1. The van der Waals surface area contributed by atoms with Gasteiger partial charge in [0.05, 0.1) is 6.04 Å². The number of nitrogens with one attached hydrogen (secondary N) is 1. The molecule has 0 saturated carbocycles. The van der Waals surface area contributed by atoms with E-state index in [1.54, 1.807) is 0 Å². The van der Waals surface area contributed by atoms with Crippen LogP contribution in [0.25, 0.3) is 0 Å². The maximum absolute atomic E-state index is 4.53. The predicted octanol–water partition coefficient (Wildman–Crippen LogP) is 2.60. The Balaban J connectivity index is 1.84. The van der Waals surface area contributed by atoms with Gasteiger partial charge in [0.25, 0.3) is 0 Å². The van der Waals surface area contributed by atoms with Crippen LogP contribution in [0.3, 0.4) is 0 Å². The summed E-state index contributed by atoms with van der Waals surface area (Å²) in [6.07, 6.45) is 3.97. The summed E-state index contributed by atoms with van der Waals surface area (Å²) in [5, 5.41) is 3.48. The normalized spacial score (nSPS) is 21.6. The molecule has 3 heteroatoms. The highest BCUT2D eigenvalue weighted by atomic mass is 15.2. The lowest BCUT2D eigenvalue weighted by molar-refractivity contribution is 0.117.